The number of nitrogens with one attached hydrogen (secondary N) is 1. The summed E-state index contributed by atoms with van der Waals surface area (Å²) in [5.74, 6) is 1.18. The molecule has 154 valence electrons. The van der Waals surface area contributed by atoms with Crippen LogP contribution in [-0.2, 0) is 9.53 Å². The van der Waals surface area contributed by atoms with Crippen LogP contribution in [0.15, 0.2) is 18.3 Å². The maximum Gasteiger partial charge on any atom is 0.410 e. The molecular formula is C21H32N4O3. The minimum absolute atomic E-state index is 0.0538. The standard InChI is InChI=1S/C21H32N4O3/c1-21(2,3)28-20(27)25-12-10-24(11-13-25)17-8-9-18(22-15-17)23-19(26)14-16-6-4-5-7-16/h8-9,15-16H,4-7,10-14H2,1-3H3,(H,22,23,26). The highest BCUT2D eigenvalue weighted by molar-refractivity contribution is 5.90. The predicted molar refractivity (Wildman–Crippen MR) is 109 cm³/mol. The van der Waals surface area contributed by atoms with E-state index in [0.29, 0.717) is 31.2 Å². The molecule has 3 rings (SSSR count). The summed E-state index contributed by atoms with van der Waals surface area (Å²) in [7, 11) is 0. The third-order valence-corrected chi connectivity index (χ3v) is 5.26. The highest BCUT2D eigenvalue weighted by Crippen LogP contribution is 2.27. The van der Waals surface area contributed by atoms with Gasteiger partial charge < -0.3 is 19.9 Å². The van der Waals surface area contributed by atoms with E-state index in [1.807, 2.05) is 32.9 Å². The van der Waals surface area contributed by atoms with E-state index in [0.717, 1.165) is 31.6 Å². The predicted octanol–water partition coefficient (Wildman–Crippen LogP) is 3.66. The lowest BCUT2D eigenvalue weighted by Crippen LogP contribution is -2.50. The van der Waals surface area contributed by atoms with Gasteiger partial charge in [-0.3, -0.25) is 4.79 Å². The highest BCUT2D eigenvalue weighted by Gasteiger charge is 2.26. The second-order valence-electron chi connectivity index (χ2n) is 8.76. The van der Waals surface area contributed by atoms with Crippen molar-refractivity contribution < 1.29 is 14.3 Å². The molecule has 2 amide bonds. The van der Waals surface area contributed by atoms with Crippen molar-refractivity contribution in [3.63, 3.8) is 0 Å². The molecule has 7 heteroatoms. The minimum atomic E-state index is -0.476. The van der Waals surface area contributed by atoms with E-state index in [-0.39, 0.29) is 12.0 Å². The van der Waals surface area contributed by atoms with Crippen molar-refractivity contribution in [2.75, 3.05) is 36.4 Å². The Morgan fingerprint density at radius 2 is 1.82 bits per heavy atom. The monoisotopic (exact) mass is 388 g/mol. The third kappa shape index (κ3) is 5.84. The summed E-state index contributed by atoms with van der Waals surface area (Å²) >= 11 is 0. The van der Waals surface area contributed by atoms with Gasteiger partial charge in [-0.1, -0.05) is 12.8 Å². The van der Waals surface area contributed by atoms with Crippen LogP contribution in [0.5, 0.6) is 0 Å². The Labute approximate surface area is 167 Å². The number of rotatable bonds is 4. The third-order valence-electron chi connectivity index (χ3n) is 5.26. The van der Waals surface area contributed by atoms with Gasteiger partial charge in [-0.25, -0.2) is 9.78 Å². The smallest absolute Gasteiger partial charge is 0.410 e. The van der Waals surface area contributed by atoms with Crippen LogP contribution in [0, 0.1) is 5.92 Å². The van der Waals surface area contributed by atoms with Crippen LogP contribution in [0.2, 0.25) is 0 Å². The summed E-state index contributed by atoms with van der Waals surface area (Å²) in [4.78, 5) is 32.6. The molecule has 1 aromatic rings. The number of aromatic nitrogens is 1. The number of hydrogen-bond donors (Lipinski definition) is 1. The number of nitrogens with zero attached hydrogens (tertiary/aromatic N) is 3. The Morgan fingerprint density at radius 1 is 1.14 bits per heavy atom. The number of anilines is 2. The van der Waals surface area contributed by atoms with Gasteiger partial charge in [-0.05, 0) is 51.7 Å². The molecule has 2 fully saturated rings. The Morgan fingerprint density at radius 3 is 2.39 bits per heavy atom. The summed E-state index contributed by atoms with van der Waals surface area (Å²) < 4.78 is 5.43. The fraction of sp³-hybridized carbons (Fsp3) is 0.667. The molecule has 0 unspecified atom stereocenters. The van der Waals surface area contributed by atoms with Crippen LogP contribution in [0.25, 0.3) is 0 Å². The molecule has 1 aliphatic heterocycles. The van der Waals surface area contributed by atoms with Gasteiger partial charge in [0.05, 0.1) is 11.9 Å². The van der Waals surface area contributed by atoms with Crippen LogP contribution in [-0.4, -0.2) is 53.7 Å². The van der Waals surface area contributed by atoms with Crippen molar-refractivity contribution in [1.29, 1.82) is 0 Å². The van der Waals surface area contributed by atoms with E-state index in [2.05, 4.69) is 15.2 Å². The van der Waals surface area contributed by atoms with Crippen molar-refractivity contribution in [3.05, 3.63) is 18.3 Å². The first-order valence-electron chi connectivity index (χ1n) is 10.3. The van der Waals surface area contributed by atoms with Crippen LogP contribution in [0.4, 0.5) is 16.3 Å². The number of hydrogen-bond acceptors (Lipinski definition) is 5. The van der Waals surface area contributed by atoms with E-state index in [1.165, 1.54) is 12.8 Å². The molecule has 7 nitrogen and oxygen atoms in total. The van der Waals surface area contributed by atoms with Crippen LogP contribution in [0.3, 0.4) is 0 Å². The number of pyridine rings is 1. The number of piperazine rings is 1. The summed E-state index contributed by atoms with van der Waals surface area (Å²) in [5, 5.41) is 2.90. The normalized spacial score (nSPS) is 18.2. The zero-order valence-electron chi connectivity index (χ0n) is 17.2. The maximum absolute atomic E-state index is 12.2. The zero-order valence-corrected chi connectivity index (χ0v) is 17.2. The second-order valence-corrected chi connectivity index (χ2v) is 8.76. The Bertz CT molecular complexity index is 670. The van der Waals surface area contributed by atoms with E-state index in [9.17, 15) is 9.59 Å². The van der Waals surface area contributed by atoms with Gasteiger partial charge in [0.1, 0.15) is 11.4 Å². The molecule has 0 radical (unpaired) electrons. The fourth-order valence-corrected chi connectivity index (χ4v) is 3.79. The van der Waals surface area contributed by atoms with Crippen molar-refractivity contribution in [2.45, 2.75) is 58.5 Å². The quantitative estimate of drug-likeness (QED) is 0.852. The van der Waals surface area contributed by atoms with Crippen molar-refractivity contribution in [2.24, 2.45) is 5.92 Å². The van der Waals surface area contributed by atoms with Gasteiger partial charge >= 0.3 is 6.09 Å². The average Bonchev–Trinajstić information content (AvgIpc) is 3.14. The molecule has 2 aliphatic rings. The molecule has 0 bridgehead atoms. The van der Waals surface area contributed by atoms with E-state index in [1.54, 1.807) is 11.1 Å². The molecule has 1 N–H and O–H groups in total. The molecular weight excluding hydrogens is 356 g/mol. The highest BCUT2D eigenvalue weighted by atomic mass is 16.6. The van der Waals surface area contributed by atoms with E-state index >= 15 is 0 Å². The Kier molecular flexibility index (Phi) is 6.42. The SMILES string of the molecule is CC(C)(C)OC(=O)N1CCN(c2ccc(NC(=O)CC3CCCC3)nc2)CC1. The topological polar surface area (TPSA) is 74.8 Å². The first-order chi connectivity index (χ1) is 13.3. The molecule has 28 heavy (non-hydrogen) atoms. The van der Waals surface area contributed by atoms with Gasteiger partial charge in [0.2, 0.25) is 5.91 Å². The lowest BCUT2D eigenvalue weighted by Gasteiger charge is -2.36. The Balaban J connectivity index is 1.46. The average molecular weight is 389 g/mol. The van der Waals surface area contributed by atoms with Crippen molar-refractivity contribution in [3.8, 4) is 0 Å². The van der Waals surface area contributed by atoms with Gasteiger partial charge in [0, 0.05) is 32.6 Å². The van der Waals surface area contributed by atoms with Crippen molar-refractivity contribution >= 4 is 23.5 Å². The van der Waals surface area contributed by atoms with Crippen LogP contribution in [0.1, 0.15) is 52.9 Å². The molecule has 1 saturated heterocycles. The molecule has 1 aliphatic carbocycles. The number of carbonyl (C=O) groups excluding carboxylic acids is 2. The van der Waals surface area contributed by atoms with Gasteiger partial charge in [0.15, 0.2) is 0 Å². The number of amides is 2. The lowest BCUT2D eigenvalue weighted by molar-refractivity contribution is -0.117. The first-order valence-corrected chi connectivity index (χ1v) is 10.3. The molecule has 2 heterocycles. The zero-order chi connectivity index (χ0) is 20.1. The molecule has 1 aromatic heterocycles. The second kappa shape index (κ2) is 8.80. The fourth-order valence-electron chi connectivity index (χ4n) is 3.79. The van der Waals surface area contributed by atoms with Gasteiger partial charge in [-0.15, -0.1) is 0 Å². The van der Waals surface area contributed by atoms with E-state index in [4.69, 9.17) is 4.74 Å². The number of ether oxygens (including phenoxy) is 1. The minimum Gasteiger partial charge on any atom is -0.444 e. The summed E-state index contributed by atoms with van der Waals surface area (Å²) in [5.41, 5.74) is 0.522. The van der Waals surface area contributed by atoms with Crippen LogP contribution < -0.4 is 10.2 Å². The largest absolute Gasteiger partial charge is 0.444 e. The summed E-state index contributed by atoms with van der Waals surface area (Å²) in [6, 6.07) is 3.82. The molecule has 0 atom stereocenters. The maximum atomic E-state index is 12.2. The van der Waals surface area contributed by atoms with E-state index < -0.39 is 5.60 Å². The molecule has 0 aromatic carbocycles. The van der Waals surface area contributed by atoms with Gasteiger partial charge in [0.25, 0.3) is 0 Å². The number of carbonyl (C=O) groups is 2. The summed E-state index contributed by atoms with van der Waals surface area (Å²) in [6.07, 6.45) is 6.93. The van der Waals surface area contributed by atoms with Gasteiger partial charge in [-0.2, -0.15) is 0 Å². The molecule has 0 spiro atoms. The van der Waals surface area contributed by atoms with Crippen molar-refractivity contribution in [1.82, 2.24) is 9.88 Å². The first kappa shape index (κ1) is 20.4. The lowest BCUT2D eigenvalue weighted by atomic mass is 10.0. The molecule has 1 saturated carbocycles. The van der Waals surface area contributed by atoms with Crippen LogP contribution >= 0.6 is 0 Å². The summed E-state index contributed by atoms with van der Waals surface area (Å²) in [6.45, 7) is 8.33. The Hall–Kier alpha value is -2.31.